The van der Waals surface area contributed by atoms with E-state index in [1.807, 2.05) is 0 Å². The first kappa shape index (κ1) is 12.4. The van der Waals surface area contributed by atoms with Gasteiger partial charge in [0.2, 0.25) is 9.05 Å². The van der Waals surface area contributed by atoms with Crippen molar-refractivity contribution in [2.24, 2.45) is 0 Å². The number of halogens is 3. The Bertz CT molecular complexity index is 471. The first-order valence-corrected chi connectivity index (χ1v) is 6.56. The molecule has 15 heavy (non-hydrogen) atoms. The lowest BCUT2D eigenvalue weighted by atomic mass is 10.1. The SMILES string of the molecule is Cc1cc(C)c(F)c(CS(=O)(=O)Cl)c1F. The maximum atomic E-state index is 13.4. The lowest BCUT2D eigenvalue weighted by Crippen LogP contribution is -2.05. The van der Waals surface area contributed by atoms with Crippen molar-refractivity contribution in [3.63, 3.8) is 0 Å². The van der Waals surface area contributed by atoms with Crippen LogP contribution in [0.2, 0.25) is 0 Å². The molecule has 0 N–H and O–H groups in total. The molecule has 2 nitrogen and oxygen atoms in total. The van der Waals surface area contributed by atoms with Crippen LogP contribution in [0.25, 0.3) is 0 Å². The van der Waals surface area contributed by atoms with Crippen LogP contribution in [0.3, 0.4) is 0 Å². The van der Waals surface area contributed by atoms with Gasteiger partial charge < -0.3 is 0 Å². The minimum Gasteiger partial charge on any atom is -0.212 e. The standard InChI is InChI=1S/C9H9ClF2O2S/c1-5-3-6(2)9(12)7(8(5)11)4-15(10,13)14/h3H,4H2,1-2H3. The zero-order valence-corrected chi connectivity index (χ0v) is 9.72. The molecule has 0 unspecified atom stereocenters. The molecule has 0 spiro atoms. The summed E-state index contributed by atoms with van der Waals surface area (Å²) in [4.78, 5) is 0. The minimum atomic E-state index is -3.96. The summed E-state index contributed by atoms with van der Waals surface area (Å²) in [5.74, 6) is -2.56. The molecule has 0 aliphatic carbocycles. The van der Waals surface area contributed by atoms with Crippen LogP contribution in [0.1, 0.15) is 16.7 Å². The number of hydrogen-bond acceptors (Lipinski definition) is 2. The first-order chi connectivity index (χ1) is 6.72. The summed E-state index contributed by atoms with van der Waals surface area (Å²) in [6.07, 6.45) is 0. The average molecular weight is 255 g/mol. The van der Waals surface area contributed by atoms with Gasteiger partial charge in [0.25, 0.3) is 0 Å². The highest BCUT2D eigenvalue weighted by atomic mass is 35.7. The van der Waals surface area contributed by atoms with Gasteiger partial charge in [-0.25, -0.2) is 17.2 Å². The molecule has 6 heteroatoms. The van der Waals surface area contributed by atoms with E-state index in [9.17, 15) is 17.2 Å². The molecule has 0 saturated heterocycles. The van der Waals surface area contributed by atoms with Gasteiger partial charge in [-0.05, 0) is 25.0 Å². The number of benzene rings is 1. The molecular weight excluding hydrogens is 246 g/mol. The normalized spacial score (nSPS) is 11.8. The number of hydrogen-bond donors (Lipinski definition) is 0. The zero-order chi connectivity index (χ0) is 11.8. The molecule has 1 rings (SSSR count). The molecule has 0 bridgehead atoms. The van der Waals surface area contributed by atoms with Gasteiger partial charge in [0, 0.05) is 16.2 Å². The van der Waals surface area contributed by atoms with Crippen molar-refractivity contribution in [3.8, 4) is 0 Å². The van der Waals surface area contributed by atoms with Crippen molar-refractivity contribution in [1.29, 1.82) is 0 Å². The third-order valence-electron chi connectivity index (χ3n) is 1.97. The topological polar surface area (TPSA) is 34.1 Å². The van der Waals surface area contributed by atoms with Crippen LogP contribution in [0.4, 0.5) is 8.78 Å². The summed E-state index contributed by atoms with van der Waals surface area (Å²) < 4.78 is 48.3. The van der Waals surface area contributed by atoms with Crippen LogP contribution in [-0.2, 0) is 14.8 Å². The van der Waals surface area contributed by atoms with E-state index in [0.29, 0.717) is 0 Å². The zero-order valence-electron chi connectivity index (χ0n) is 8.14. The molecule has 0 radical (unpaired) electrons. The fourth-order valence-electron chi connectivity index (χ4n) is 1.32. The summed E-state index contributed by atoms with van der Waals surface area (Å²) in [5, 5.41) is 0. The average Bonchev–Trinajstić information content (AvgIpc) is 2.08. The Morgan fingerprint density at radius 3 is 1.93 bits per heavy atom. The summed E-state index contributed by atoms with van der Waals surface area (Å²) in [7, 11) is 0.992. The Balaban J connectivity index is 3.40. The van der Waals surface area contributed by atoms with Crippen molar-refractivity contribution in [3.05, 3.63) is 34.4 Å². The Kier molecular flexibility index (Phi) is 3.35. The highest BCUT2D eigenvalue weighted by Gasteiger charge is 2.19. The maximum Gasteiger partial charge on any atom is 0.236 e. The molecular formula is C9H9ClF2O2S. The number of aryl methyl sites for hydroxylation is 2. The lowest BCUT2D eigenvalue weighted by Gasteiger charge is -2.08. The second-order valence-electron chi connectivity index (χ2n) is 3.30. The molecule has 0 saturated carbocycles. The molecule has 1 aromatic rings. The molecule has 0 aromatic heterocycles. The maximum absolute atomic E-state index is 13.4. The third kappa shape index (κ3) is 2.89. The van der Waals surface area contributed by atoms with E-state index in [1.54, 1.807) is 0 Å². The highest BCUT2D eigenvalue weighted by molar-refractivity contribution is 8.13. The van der Waals surface area contributed by atoms with Gasteiger partial charge >= 0.3 is 0 Å². The second-order valence-corrected chi connectivity index (χ2v) is 6.08. The Labute approximate surface area is 91.3 Å². The van der Waals surface area contributed by atoms with Gasteiger partial charge in [-0.3, -0.25) is 0 Å². The van der Waals surface area contributed by atoms with E-state index >= 15 is 0 Å². The Morgan fingerprint density at radius 2 is 1.60 bits per heavy atom. The van der Waals surface area contributed by atoms with Crippen LogP contribution in [0.15, 0.2) is 6.07 Å². The summed E-state index contributed by atoms with van der Waals surface area (Å²) in [5.41, 5.74) is -0.101. The Hall–Kier alpha value is -0.680. The molecule has 0 aliphatic heterocycles. The van der Waals surface area contributed by atoms with Crippen molar-refractivity contribution in [2.45, 2.75) is 19.6 Å². The third-order valence-corrected chi connectivity index (χ3v) is 2.93. The molecule has 0 aliphatic rings. The van der Waals surface area contributed by atoms with E-state index in [0.717, 1.165) is 0 Å². The molecule has 0 amide bonds. The predicted molar refractivity (Wildman–Crippen MR) is 54.3 cm³/mol. The minimum absolute atomic E-state index is 0.198. The highest BCUT2D eigenvalue weighted by Crippen LogP contribution is 2.23. The first-order valence-electron chi connectivity index (χ1n) is 4.09. The van der Waals surface area contributed by atoms with Crippen LogP contribution >= 0.6 is 10.7 Å². The van der Waals surface area contributed by atoms with Gasteiger partial charge in [-0.1, -0.05) is 6.07 Å². The van der Waals surface area contributed by atoms with Crippen molar-refractivity contribution >= 4 is 19.7 Å². The summed E-state index contributed by atoms with van der Waals surface area (Å²) in [6, 6.07) is 1.31. The van der Waals surface area contributed by atoms with E-state index in [-0.39, 0.29) is 11.1 Å². The van der Waals surface area contributed by atoms with Crippen molar-refractivity contribution in [2.75, 3.05) is 0 Å². The van der Waals surface area contributed by atoms with Gasteiger partial charge in [-0.15, -0.1) is 0 Å². The predicted octanol–water partition coefficient (Wildman–Crippen LogP) is 2.65. The molecule has 0 fully saturated rings. The van der Waals surface area contributed by atoms with Crippen LogP contribution in [-0.4, -0.2) is 8.42 Å². The summed E-state index contributed by atoms with van der Waals surface area (Å²) >= 11 is 0. The lowest BCUT2D eigenvalue weighted by molar-refractivity contribution is 0.549. The van der Waals surface area contributed by atoms with E-state index in [1.165, 1.54) is 19.9 Å². The summed E-state index contributed by atoms with van der Waals surface area (Å²) in [6.45, 7) is 2.87. The van der Waals surface area contributed by atoms with Crippen molar-refractivity contribution < 1.29 is 17.2 Å². The Morgan fingerprint density at radius 1 is 1.20 bits per heavy atom. The van der Waals surface area contributed by atoms with E-state index in [2.05, 4.69) is 0 Å². The number of rotatable bonds is 2. The second kappa shape index (κ2) is 4.06. The van der Waals surface area contributed by atoms with E-state index < -0.39 is 32.0 Å². The smallest absolute Gasteiger partial charge is 0.212 e. The monoisotopic (exact) mass is 254 g/mol. The van der Waals surface area contributed by atoms with Gasteiger partial charge in [-0.2, -0.15) is 0 Å². The van der Waals surface area contributed by atoms with E-state index in [4.69, 9.17) is 10.7 Å². The van der Waals surface area contributed by atoms with Gasteiger partial charge in [0.05, 0.1) is 5.75 Å². The molecule has 84 valence electrons. The van der Waals surface area contributed by atoms with Crippen LogP contribution < -0.4 is 0 Å². The fourth-order valence-corrected chi connectivity index (χ4v) is 2.25. The molecule has 0 atom stereocenters. The van der Waals surface area contributed by atoms with Gasteiger partial charge in [0.15, 0.2) is 0 Å². The quantitative estimate of drug-likeness (QED) is 0.761. The molecule has 0 heterocycles. The van der Waals surface area contributed by atoms with Crippen LogP contribution in [0.5, 0.6) is 0 Å². The fraction of sp³-hybridized carbons (Fsp3) is 0.333. The molecule has 1 aromatic carbocycles. The van der Waals surface area contributed by atoms with Crippen molar-refractivity contribution in [1.82, 2.24) is 0 Å². The largest absolute Gasteiger partial charge is 0.236 e. The van der Waals surface area contributed by atoms with Crippen LogP contribution in [0, 0.1) is 25.5 Å². The van der Waals surface area contributed by atoms with Gasteiger partial charge in [0.1, 0.15) is 11.6 Å².